The first-order valence-electron chi connectivity index (χ1n) is 13.4. The zero-order valence-corrected chi connectivity index (χ0v) is 23.6. The predicted molar refractivity (Wildman–Crippen MR) is 154 cm³/mol. The quantitative estimate of drug-likeness (QED) is 0.177. The smallest absolute Gasteiger partial charge is 0.416 e. The molecule has 1 aromatic heterocycles. The summed E-state index contributed by atoms with van der Waals surface area (Å²) < 4.78 is 52.1. The van der Waals surface area contributed by atoms with Crippen molar-refractivity contribution in [1.29, 1.82) is 0 Å². The van der Waals surface area contributed by atoms with Crippen LogP contribution in [0.3, 0.4) is 0 Å². The van der Waals surface area contributed by atoms with Gasteiger partial charge in [-0.25, -0.2) is 9.97 Å². The van der Waals surface area contributed by atoms with Crippen molar-refractivity contribution in [3.05, 3.63) is 101 Å². The van der Waals surface area contributed by atoms with Crippen LogP contribution in [0.1, 0.15) is 40.7 Å². The summed E-state index contributed by atoms with van der Waals surface area (Å²) in [6, 6.07) is 17.7. The molecule has 220 valence electrons. The Kier molecular flexibility index (Phi) is 9.67. The van der Waals surface area contributed by atoms with Gasteiger partial charge in [-0.3, -0.25) is 4.79 Å². The molecule has 0 aliphatic rings. The van der Waals surface area contributed by atoms with Crippen LogP contribution in [0, 0.1) is 13.8 Å². The molecular weight excluding hydrogens is 547 g/mol. The van der Waals surface area contributed by atoms with Crippen LogP contribution in [-0.4, -0.2) is 34.8 Å². The predicted octanol–water partition coefficient (Wildman–Crippen LogP) is 7.24. The Morgan fingerprint density at radius 2 is 1.67 bits per heavy atom. The van der Waals surface area contributed by atoms with Gasteiger partial charge in [0.25, 0.3) is 0 Å². The normalized spacial score (nSPS) is 11.3. The number of hydrogen-bond acceptors (Lipinski definition) is 6. The third-order valence-corrected chi connectivity index (χ3v) is 6.56. The third kappa shape index (κ3) is 7.99. The first-order valence-corrected chi connectivity index (χ1v) is 13.4. The van der Waals surface area contributed by atoms with Gasteiger partial charge in [0.2, 0.25) is 5.95 Å². The first kappa shape index (κ1) is 30.4. The lowest BCUT2D eigenvalue weighted by Crippen LogP contribution is -2.25. The van der Waals surface area contributed by atoms with Crippen molar-refractivity contribution in [2.24, 2.45) is 0 Å². The van der Waals surface area contributed by atoms with Crippen molar-refractivity contribution >= 4 is 11.9 Å². The fourth-order valence-corrected chi connectivity index (χ4v) is 4.68. The minimum Gasteiger partial charge on any atom is -0.496 e. The lowest BCUT2D eigenvalue weighted by atomic mass is 9.96. The molecule has 0 aliphatic heterocycles. The van der Waals surface area contributed by atoms with Crippen molar-refractivity contribution in [3.63, 3.8) is 0 Å². The van der Waals surface area contributed by atoms with E-state index in [1.54, 1.807) is 20.1 Å². The molecule has 0 saturated heterocycles. The Labute approximate surface area is 242 Å². The molecule has 0 saturated carbocycles. The number of aromatic nitrogens is 2. The highest BCUT2D eigenvalue weighted by atomic mass is 19.4. The molecule has 42 heavy (non-hydrogen) atoms. The monoisotopic (exact) mass is 579 g/mol. The van der Waals surface area contributed by atoms with E-state index in [0.29, 0.717) is 41.5 Å². The second-order valence-electron chi connectivity index (χ2n) is 9.99. The van der Waals surface area contributed by atoms with Crippen molar-refractivity contribution in [3.8, 4) is 22.6 Å². The fraction of sp³-hybridized carbons (Fsp3) is 0.281. The summed E-state index contributed by atoms with van der Waals surface area (Å²) in [5.74, 6) is 0.456. The minimum absolute atomic E-state index is 0.0197. The molecule has 7 nitrogen and oxygen atoms in total. The molecule has 0 bridgehead atoms. The number of para-hydroxylation sites is 1. The number of alkyl halides is 3. The van der Waals surface area contributed by atoms with Crippen LogP contribution in [0.25, 0.3) is 11.1 Å². The number of rotatable bonds is 12. The highest BCUT2D eigenvalue weighted by Crippen LogP contribution is 2.35. The molecule has 10 heteroatoms. The molecule has 4 rings (SSSR count). The molecule has 0 amide bonds. The van der Waals surface area contributed by atoms with Crippen LogP contribution in [0.15, 0.2) is 73.1 Å². The van der Waals surface area contributed by atoms with E-state index >= 15 is 0 Å². The number of carboxylic acids is 1. The molecule has 0 radical (unpaired) electrons. The number of carbonyl (C=O) groups is 1. The maximum absolute atomic E-state index is 13.6. The Bertz CT molecular complexity index is 1520. The largest absolute Gasteiger partial charge is 0.496 e. The van der Waals surface area contributed by atoms with Gasteiger partial charge in [-0.15, -0.1) is 0 Å². The molecular formula is C32H32F3N3O4. The molecule has 1 heterocycles. The second kappa shape index (κ2) is 13.4. The van der Waals surface area contributed by atoms with Crippen LogP contribution in [0.5, 0.6) is 11.5 Å². The number of nitrogens with zero attached hydrogens (tertiary/aromatic N) is 3. The summed E-state index contributed by atoms with van der Waals surface area (Å²) >= 11 is 0. The topological polar surface area (TPSA) is 84.8 Å². The number of carboxylic acid groups (broad SMARTS) is 1. The highest BCUT2D eigenvalue weighted by Gasteiger charge is 2.31. The Hall–Kier alpha value is -4.60. The van der Waals surface area contributed by atoms with E-state index < -0.39 is 17.7 Å². The zero-order valence-electron chi connectivity index (χ0n) is 23.6. The Morgan fingerprint density at radius 1 is 0.929 bits per heavy atom. The number of aryl methyl sites for hydroxylation is 2. The maximum atomic E-state index is 13.6. The Balaban J connectivity index is 1.71. The molecule has 0 unspecified atom stereocenters. The third-order valence-electron chi connectivity index (χ3n) is 6.56. The van der Waals surface area contributed by atoms with Crippen LogP contribution in [0.2, 0.25) is 0 Å². The lowest BCUT2D eigenvalue weighted by molar-refractivity contribution is -0.138. The van der Waals surface area contributed by atoms with Crippen molar-refractivity contribution in [2.45, 2.75) is 46.0 Å². The molecule has 3 aromatic carbocycles. The fourth-order valence-electron chi connectivity index (χ4n) is 4.68. The summed E-state index contributed by atoms with van der Waals surface area (Å²) in [7, 11) is 1.61. The number of aliphatic carboxylic acids is 1. The van der Waals surface area contributed by atoms with Crippen LogP contribution >= 0.6 is 0 Å². The number of hydrogen-bond donors (Lipinski definition) is 1. The van der Waals surface area contributed by atoms with Crippen LogP contribution in [-0.2, 0) is 24.1 Å². The zero-order chi connectivity index (χ0) is 30.3. The molecule has 0 atom stereocenters. The second-order valence-corrected chi connectivity index (χ2v) is 9.99. The van der Waals surface area contributed by atoms with Gasteiger partial charge < -0.3 is 19.5 Å². The summed E-state index contributed by atoms with van der Waals surface area (Å²) in [6.45, 7) is 4.21. The van der Waals surface area contributed by atoms with E-state index in [1.165, 1.54) is 12.4 Å². The maximum Gasteiger partial charge on any atom is 0.416 e. The number of benzene rings is 3. The summed E-state index contributed by atoms with van der Waals surface area (Å²) in [6.07, 6.45) is -1.21. The van der Waals surface area contributed by atoms with Gasteiger partial charge in [0.1, 0.15) is 5.75 Å². The van der Waals surface area contributed by atoms with Crippen molar-refractivity contribution < 1.29 is 32.5 Å². The van der Waals surface area contributed by atoms with E-state index in [-0.39, 0.29) is 19.6 Å². The van der Waals surface area contributed by atoms with E-state index in [2.05, 4.69) is 9.97 Å². The SMILES string of the molecule is COc1ccccc1-c1ccc(C)cc1CN(Cc1cc(C)cc(C(F)(F)F)c1)c1ncc(OCCCC(=O)O)cn1. The number of halogens is 3. The molecule has 1 N–H and O–H groups in total. The average molecular weight is 580 g/mol. The van der Waals surface area contributed by atoms with Crippen LogP contribution < -0.4 is 14.4 Å². The van der Waals surface area contributed by atoms with E-state index in [0.717, 1.165) is 34.4 Å². The molecule has 0 fully saturated rings. The van der Waals surface area contributed by atoms with Gasteiger partial charge >= 0.3 is 12.1 Å². The van der Waals surface area contributed by atoms with Gasteiger partial charge in [-0.2, -0.15) is 13.2 Å². The van der Waals surface area contributed by atoms with Gasteiger partial charge in [0, 0.05) is 25.1 Å². The standard InChI is InChI=1S/C32H32F3N3O4/c1-21-10-11-27(28-7-4-5-8-29(28)41-3)24(14-21)20-38(19-23-13-22(2)15-25(16-23)32(33,34)35)31-36-17-26(18-37-31)42-12-6-9-30(39)40/h4-5,7-8,10-11,13-18H,6,9,12,19-20H2,1-3H3,(H,39,40). The van der Waals surface area contributed by atoms with E-state index in [9.17, 15) is 18.0 Å². The summed E-state index contributed by atoms with van der Waals surface area (Å²) in [5.41, 5.74) is 3.99. The number of anilines is 1. The summed E-state index contributed by atoms with van der Waals surface area (Å²) in [4.78, 5) is 21.5. The van der Waals surface area contributed by atoms with Crippen molar-refractivity contribution in [1.82, 2.24) is 9.97 Å². The highest BCUT2D eigenvalue weighted by molar-refractivity contribution is 5.74. The summed E-state index contributed by atoms with van der Waals surface area (Å²) in [5, 5.41) is 8.81. The number of methoxy groups -OCH3 is 1. The van der Waals surface area contributed by atoms with Gasteiger partial charge in [0.05, 0.1) is 31.7 Å². The number of ether oxygens (including phenoxy) is 2. The average Bonchev–Trinajstić information content (AvgIpc) is 2.94. The first-order chi connectivity index (χ1) is 20.0. The molecule has 0 aliphatic carbocycles. The van der Waals surface area contributed by atoms with Gasteiger partial charge in [-0.1, -0.05) is 53.6 Å². The Morgan fingerprint density at radius 3 is 2.36 bits per heavy atom. The van der Waals surface area contributed by atoms with Crippen LogP contribution in [0.4, 0.5) is 19.1 Å². The van der Waals surface area contributed by atoms with Gasteiger partial charge in [-0.05, 0) is 55.2 Å². The van der Waals surface area contributed by atoms with E-state index in [4.69, 9.17) is 14.6 Å². The van der Waals surface area contributed by atoms with Gasteiger partial charge in [0.15, 0.2) is 5.75 Å². The lowest BCUT2D eigenvalue weighted by Gasteiger charge is -2.25. The van der Waals surface area contributed by atoms with Crippen molar-refractivity contribution in [2.75, 3.05) is 18.6 Å². The molecule has 0 spiro atoms. The molecule has 4 aromatic rings. The van der Waals surface area contributed by atoms with E-state index in [1.807, 2.05) is 54.3 Å². The minimum atomic E-state index is -4.48.